The van der Waals surface area contributed by atoms with E-state index in [2.05, 4.69) is 51.3 Å². The molecule has 4 heterocycles. The number of fused-ring (bicyclic) bond motifs is 4. The number of nitrogens with one attached hydrogen (secondary N) is 1. The van der Waals surface area contributed by atoms with Crippen LogP contribution in [0.25, 0.3) is 10.9 Å². The molecule has 1 spiro atoms. The average molecular weight is 497 g/mol. The van der Waals surface area contributed by atoms with Gasteiger partial charge in [0.05, 0.1) is 25.3 Å². The molecule has 7 nitrogen and oxygen atoms in total. The number of H-pyrrole nitrogens is 1. The van der Waals surface area contributed by atoms with Crippen LogP contribution >= 0.6 is 0 Å². The van der Waals surface area contributed by atoms with Crippen molar-refractivity contribution in [3.8, 4) is 5.75 Å². The number of carbonyl (C=O) groups excluding carboxylic acids is 1. The number of aliphatic hydroxyl groups is 1. The summed E-state index contributed by atoms with van der Waals surface area (Å²) in [5.41, 5.74) is 4.81. The molecule has 2 aliphatic heterocycles. The molecule has 1 atom stereocenters. The fraction of sp³-hybridized carbons (Fsp3) is 0.333. The molecule has 2 N–H and O–H groups in total. The molecule has 0 radical (unpaired) electrons. The van der Waals surface area contributed by atoms with Crippen molar-refractivity contribution in [3.05, 3.63) is 95.4 Å². The van der Waals surface area contributed by atoms with Crippen LogP contribution in [0.3, 0.4) is 0 Å². The summed E-state index contributed by atoms with van der Waals surface area (Å²) in [5, 5.41) is 11.7. The molecule has 4 aromatic rings. The van der Waals surface area contributed by atoms with Gasteiger partial charge in [-0.3, -0.25) is 14.7 Å². The molecule has 1 fully saturated rings. The molecule has 2 aromatic heterocycles. The number of hydrogen-bond donors (Lipinski definition) is 2. The number of carbonyl (C=O) groups is 1. The van der Waals surface area contributed by atoms with Crippen LogP contribution in [0.1, 0.15) is 46.1 Å². The maximum Gasteiger partial charge on any atom is 0.256 e. The second-order valence-corrected chi connectivity index (χ2v) is 10.2. The highest BCUT2D eigenvalue weighted by atomic mass is 16.5. The zero-order valence-corrected chi connectivity index (χ0v) is 21.1. The number of aromatic amines is 1. The lowest BCUT2D eigenvalue weighted by atomic mass is 9.68. The van der Waals surface area contributed by atoms with E-state index in [9.17, 15) is 9.90 Å². The first-order chi connectivity index (χ1) is 18.1. The number of hydrogen-bond acceptors (Lipinski definition) is 5. The van der Waals surface area contributed by atoms with Crippen molar-refractivity contribution in [3.63, 3.8) is 0 Å². The van der Waals surface area contributed by atoms with Gasteiger partial charge in [0.2, 0.25) is 0 Å². The van der Waals surface area contributed by atoms with Crippen molar-refractivity contribution in [1.82, 2.24) is 19.8 Å². The maximum absolute atomic E-state index is 13.8. The maximum atomic E-state index is 13.8. The van der Waals surface area contributed by atoms with Crippen LogP contribution in [-0.4, -0.2) is 64.1 Å². The topological polar surface area (TPSA) is 81.7 Å². The summed E-state index contributed by atoms with van der Waals surface area (Å²) in [4.78, 5) is 25.9. The summed E-state index contributed by atoms with van der Waals surface area (Å²) in [7, 11) is 1.67. The molecule has 2 aromatic carbocycles. The van der Waals surface area contributed by atoms with E-state index < -0.39 is 6.04 Å². The molecule has 1 saturated heterocycles. The molecule has 37 heavy (non-hydrogen) atoms. The van der Waals surface area contributed by atoms with Crippen LogP contribution in [0.4, 0.5) is 0 Å². The normalized spacial score (nSPS) is 19.2. The smallest absolute Gasteiger partial charge is 0.256 e. The average Bonchev–Trinajstić information content (AvgIpc) is 3.34. The minimum absolute atomic E-state index is 0.0971. The van der Waals surface area contributed by atoms with E-state index in [1.54, 1.807) is 31.6 Å². The molecule has 0 saturated carbocycles. The van der Waals surface area contributed by atoms with Crippen molar-refractivity contribution >= 4 is 16.8 Å². The van der Waals surface area contributed by atoms with Crippen LogP contribution in [0.15, 0.2) is 73.1 Å². The third-order valence-electron chi connectivity index (χ3n) is 8.15. The SMILES string of the molecule is COc1ccc2c3c([nH]c2c1)[C@H](CO)N(C(=O)c1cccnc1)CC31CCN(Cc2ccccc2)CC1. The van der Waals surface area contributed by atoms with Gasteiger partial charge < -0.3 is 19.7 Å². The quantitative estimate of drug-likeness (QED) is 0.431. The zero-order valence-electron chi connectivity index (χ0n) is 21.1. The Bertz CT molecular complexity index is 1390. The van der Waals surface area contributed by atoms with Crippen LogP contribution in [-0.2, 0) is 12.0 Å². The van der Waals surface area contributed by atoms with E-state index in [0.717, 1.165) is 54.8 Å². The predicted molar refractivity (Wildman–Crippen MR) is 143 cm³/mol. The highest BCUT2D eigenvalue weighted by molar-refractivity contribution is 5.95. The predicted octanol–water partition coefficient (Wildman–Crippen LogP) is 4.29. The summed E-state index contributed by atoms with van der Waals surface area (Å²) >= 11 is 0. The largest absolute Gasteiger partial charge is 0.497 e. The summed E-state index contributed by atoms with van der Waals surface area (Å²) in [6.07, 6.45) is 5.14. The van der Waals surface area contributed by atoms with Crippen LogP contribution in [0, 0.1) is 0 Å². The third-order valence-corrected chi connectivity index (χ3v) is 8.15. The number of amides is 1. The van der Waals surface area contributed by atoms with Crippen molar-refractivity contribution in [2.45, 2.75) is 30.8 Å². The Morgan fingerprint density at radius 3 is 2.65 bits per heavy atom. The molecular weight excluding hydrogens is 464 g/mol. The number of rotatable bonds is 5. The second-order valence-electron chi connectivity index (χ2n) is 10.2. The summed E-state index contributed by atoms with van der Waals surface area (Å²) in [6.45, 7) is 3.22. The molecule has 2 aliphatic rings. The molecule has 0 unspecified atom stereocenters. The van der Waals surface area contributed by atoms with Crippen LogP contribution in [0.5, 0.6) is 5.75 Å². The second kappa shape index (κ2) is 9.65. The Labute approximate surface area is 216 Å². The molecule has 1 amide bonds. The Morgan fingerprint density at radius 1 is 1.14 bits per heavy atom. The highest BCUT2D eigenvalue weighted by Crippen LogP contribution is 2.49. The monoisotopic (exact) mass is 496 g/mol. The summed E-state index contributed by atoms with van der Waals surface area (Å²) in [5.74, 6) is 0.682. The number of aromatic nitrogens is 2. The van der Waals surface area contributed by atoms with E-state index in [1.807, 2.05) is 17.0 Å². The lowest BCUT2D eigenvalue weighted by molar-refractivity contribution is 0.0337. The van der Waals surface area contributed by atoms with Gasteiger partial charge in [-0.05, 0) is 61.3 Å². The number of methoxy groups -OCH3 is 1. The number of piperidine rings is 1. The standard InChI is InChI=1S/C30H32N4O3/c1-37-23-9-10-24-25(16-23)32-28-26(19-35)34(29(36)22-8-5-13-31-17-22)20-30(27(24)28)11-14-33(15-12-30)18-21-6-3-2-4-7-21/h2-10,13,16-17,26,32,35H,11-12,14-15,18-20H2,1H3/t26-/m0/s1. The number of ether oxygens (including phenoxy) is 1. The van der Waals surface area contributed by atoms with Gasteiger partial charge in [0.1, 0.15) is 5.75 Å². The Balaban J connectivity index is 1.40. The number of likely N-dealkylation sites (tertiary alicyclic amines) is 1. The van der Waals surface area contributed by atoms with Gasteiger partial charge in [0.15, 0.2) is 0 Å². The molecule has 190 valence electrons. The van der Waals surface area contributed by atoms with Crippen LogP contribution < -0.4 is 4.74 Å². The van der Waals surface area contributed by atoms with Crippen molar-refractivity contribution in [2.24, 2.45) is 0 Å². The van der Waals surface area contributed by atoms with E-state index in [1.165, 1.54) is 11.1 Å². The highest BCUT2D eigenvalue weighted by Gasteiger charge is 2.48. The van der Waals surface area contributed by atoms with Gasteiger partial charge in [-0.25, -0.2) is 0 Å². The first kappa shape index (κ1) is 23.7. The summed E-state index contributed by atoms with van der Waals surface area (Å²) in [6, 6.07) is 19.8. The molecule has 0 bridgehead atoms. The first-order valence-electron chi connectivity index (χ1n) is 12.9. The molecule has 6 rings (SSSR count). The van der Waals surface area contributed by atoms with E-state index in [-0.39, 0.29) is 17.9 Å². The van der Waals surface area contributed by atoms with Gasteiger partial charge >= 0.3 is 0 Å². The molecule has 0 aliphatic carbocycles. The van der Waals surface area contributed by atoms with Gasteiger partial charge in [-0.2, -0.15) is 0 Å². The fourth-order valence-corrected chi connectivity index (χ4v) is 6.26. The third kappa shape index (κ3) is 4.18. The summed E-state index contributed by atoms with van der Waals surface area (Å²) < 4.78 is 5.48. The van der Waals surface area contributed by atoms with Gasteiger partial charge in [0, 0.05) is 53.6 Å². The van der Waals surface area contributed by atoms with Gasteiger partial charge in [0.25, 0.3) is 5.91 Å². The van der Waals surface area contributed by atoms with Gasteiger partial charge in [-0.15, -0.1) is 0 Å². The zero-order chi connectivity index (χ0) is 25.4. The molecule has 7 heteroatoms. The number of pyridine rings is 1. The lowest BCUT2D eigenvalue weighted by Gasteiger charge is -2.50. The minimum Gasteiger partial charge on any atom is -0.497 e. The Kier molecular flexibility index (Phi) is 6.18. The minimum atomic E-state index is -0.450. The van der Waals surface area contributed by atoms with E-state index in [0.29, 0.717) is 12.1 Å². The lowest BCUT2D eigenvalue weighted by Crippen LogP contribution is -2.55. The van der Waals surface area contributed by atoms with Crippen molar-refractivity contribution in [1.29, 1.82) is 0 Å². The van der Waals surface area contributed by atoms with Gasteiger partial charge in [-0.1, -0.05) is 30.3 Å². The number of benzene rings is 2. The fourth-order valence-electron chi connectivity index (χ4n) is 6.26. The number of aliphatic hydroxyl groups excluding tert-OH is 1. The number of nitrogens with zero attached hydrogens (tertiary/aromatic N) is 3. The van der Waals surface area contributed by atoms with E-state index in [4.69, 9.17) is 4.74 Å². The van der Waals surface area contributed by atoms with Crippen molar-refractivity contribution < 1.29 is 14.6 Å². The van der Waals surface area contributed by atoms with E-state index >= 15 is 0 Å². The Morgan fingerprint density at radius 2 is 1.95 bits per heavy atom. The molecular formula is C30H32N4O3. The Hall–Kier alpha value is -3.68. The van der Waals surface area contributed by atoms with Crippen molar-refractivity contribution in [2.75, 3.05) is 33.4 Å². The first-order valence-corrected chi connectivity index (χ1v) is 12.9. The van der Waals surface area contributed by atoms with Crippen LogP contribution in [0.2, 0.25) is 0 Å².